The fourth-order valence-electron chi connectivity index (χ4n) is 7.90. The number of hydrogen-bond acceptors (Lipinski definition) is 10. The van der Waals surface area contributed by atoms with Crippen LogP contribution in [0.1, 0.15) is 107 Å². The highest BCUT2D eigenvalue weighted by molar-refractivity contribution is 7.37. The number of carbonyl (C=O) groups is 3. The van der Waals surface area contributed by atoms with Crippen LogP contribution in [-0.4, -0.2) is 209 Å². The first-order chi connectivity index (χ1) is 37.7. The van der Waals surface area contributed by atoms with E-state index < -0.39 is 26.0 Å². The minimum Gasteiger partial charge on any atom is -0.324 e. The summed E-state index contributed by atoms with van der Waals surface area (Å²) in [6.45, 7) is 27.7. The van der Waals surface area contributed by atoms with E-state index in [-0.39, 0.29) is 11.7 Å². The first-order valence-electron chi connectivity index (χ1n) is 25.5. The Morgan fingerprint density at radius 3 is 0.963 bits per heavy atom. The van der Waals surface area contributed by atoms with Gasteiger partial charge in [-0.1, -0.05) is 79.8 Å². The smallest absolute Gasteiger partial charge is 0.235 e. The zero-order valence-corrected chi connectivity index (χ0v) is 50.7. The highest BCUT2D eigenvalue weighted by Gasteiger charge is 2.22. The molecule has 11 nitrogen and oxygen atoms in total. The average Bonchev–Trinajstić information content (AvgIpc) is 3.38. The standard InChI is InChI=1S/C11H13B6N2.C10H11B6N2O.C10H11B6N2.C8H9B6N2.C3H6O.C2H4O.C2H6/c1-5(2)18-19-11-6(3)8(12)9(16-13)7(4)10(11)17(14)15;1-4-7(11)8(15-12)5(2)9(16(13)14)10(4)18-17-6(3)19;1-4-17-18-10-5(2)7(11)8(15-12)6(3)9(10)16(13)14;1-3-5(9)6(13-10)4(2)7(14(11)12)8(3)16-15;1-3(2)4;1-2-3;1-2/h19H,1-4H3;18H,1-3H3,(H,17,19);4,18H,1-3H3;16H,15H2,1-2H3;1-2H3;2H,1H3;1-2H3. The molecule has 4 rings (SSSR count). The third kappa shape index (κ3) is 23.7. The number of hydrazone groups is 2. The Hall–Kier alpha value is -4.25. The average molecular weight is 1030 g/mol. The summed E-state index contributed by atoms with van der Waals surface area (Å²) in [5.41, 5.74) is 32.2. The minimum absolute atomic E-state index is 0.167. The molecule has 0 spiro atoms. The lowest BCUT2D eigenvalue weighted by atomic mass is 9.16. The van der Waals surface area contributed by atoms with E-state index in [1.54, 1.807) is 13.1 Å². The van der Waals surface area contributed by atoms with Gasteiger partial charge in [0.2, 0.25) is 5.91 Å². The number of amides is 1. The fourth-order valence-corrected chi connectivity index (χ4v) is 7.90. The van der Waals surface area contributed by atoms with Crippen molar-refractivity contribution in [3.8, 4) is 0 Å². The molecule has 4 aromatic rings. The molecule has 374 valence electrons. The van der Waals surface area contributed by atoms with Crippen LogP contribution in [0, 0.1) is 55.4 Å². The SMILES string of the molecule is CC.CC(C)=O.CC=O.[B][B]c1c([B])c(C)c(NN)c(B([B])[B])c1C.[B][B]c1c([B])c(C)c(NN=C(C)C)c(B([B])[B])c1C.[B][B]c1c([B])c(C)c(NN=CC)c(B([B])[B])c1C.[B][B]c1c([B])c(C)c(NNC(C)=O)c(B([B])[B])c1C. The van der Waals surface area contributed by atoms with Crippen LogP contribution in [0.4, 0.5) is 22.7 Å². The van der Waals surface area contributed by atoms with Gasteiger partial charge in [0.05, 0.1) is 66.0 Å². The highest BCUT2D eigenvalue weighted by Crippen LogP contribution is 2.14. The van der Waals surface area contributed by atoms with Crippen LogP contribution in [-0.2, 0) is 14.4 Å². The molecular weight excluding hydrogens is 972 g/mol. The number of hydrogen-bond donors (Lipinski definition) is 6. The summed E-state index contributed by atoms with van der Waals surface area (Å²) in [6, 6.07) is 0. The van der Waals surface area contributed by atoms with Crippen LogP contribution >= 0.6 is 0 Å². The Balaban J connectivity index is -0.000000953. The summed E-state index contributed by atoms with van der Waals surface area (Å²) in [6.07, 6.45) is 2.39. The molecule has 36 radical (unpaired) electrons. The van der Waals surface area contributed by atoms with Crippen molar-refractivity contribution in [3.63, 3.8) is 0 Å². The number of nitrogens with one attached hydrogen (secondary N) is 5. The van der Waals surface area contributed by atoms with Gasteiger partial charge in [-0.3, -0.25) is 32.3 Å². The Bertz CT molecular complexity index is 2760. The highest BCUT2D eigenvalue weighted by atomic mass is 16.2. The predicted octanol–water partition coefficient (Wildman–Crippen LogP) is -8.03. The molecule has 0 bridgehead atoms. The zero-order chi connectivity index (χ0) is 64.1. The molecule has 0 unspecified atom stereocenters. The number of Topliss-reactive ketones (excluding diaryl/α,β-unsaturated/α-hetero) is 1. The van der Waals surface area contributed by atoms with Crippen LogP contribution in [0.15, 0.2) is 10.2 Å². The van der Waals surface area contributed by atoms with Crippen LogP contribution in [0.2, 0.25) is 0 Å². The van der Waals surface area contributed by atoms with E-state index in [4.69, 9.17) is 135 Å². The number of hydrazine groups is 2. The topological polar surface area (TPSA) is 162 Å². The van der Waals surface area contributed by atoms with Crippen LogP contribution < -0.4 is 98.5 Å². The molecule has 0 atom stereocenters. The maximum absolute atomic E-state index is 11.0. The van der Waals surface area contributed by atoms with E-state index in [0.717, 1.165) is 101 Å². The quantitative estimate of drug-likeness (QED) is 0.0225. The lowest BCUT2D eigenvalue weighted by Gasteiger charge is -2.25. The van der Waals surface area contributed by atoms with Crippen molar-refractivity contribution in [2.45, 2.75) is 118 Å². The van der Waals surface area contributed by atoms with Gasteiger partial charge < -0.3 is 15.0 Å². The van der Waals surface area contributed by atoms with Gasteiger partial charge in [-0.2, -0.15) is 10.2 Å². The maximum atomic E-state index is 11.0. The first kappa shape index (κ1) is 81.0. The van der Waals surface area contributed by atoms with Gasteiger partial charge in [-0.05, 0) is 119 Å². The molecule has 0 fully saturated rings. The molecule has 1 amide bonds. The maximum Gasteiger partial charge on any atom is 0.235 e. The summed E-state index contributed by atoms with van der Waals surface area (Å²) >= 11 is 0. The van der Waals surface area contributed by atoms with Crippen molar-refractivity contribution in [2.24, 2.45) is 16.0 Å². The van der Waals surface area contributed by atoms with Gasteiger partial charge in [0.25, 0.3) is 0 Å². The molecule has 0 aliphatic heterocycles. The number of nitrogens with two attached hydrogens (primary N) is 1. The second kappa shape index (κ2) is 40.9. The van der Waals surface area contributed by atoms with Gasteiger partial charge in [0.1, 0.15) is 43.5 Å². The Kier molecular flexibility index (Phi) is 40.9. The molecule has 4 aromatic carbocycles. The summed E-state index contributed by atoms with van der Waals surface area (Å²) in [4.78, 5) is 29.3. The van der Waals surface area contributed by atoms with E-state index in [9.17, 15) is 9.59 Å². The number of carbonyl (C=O) groups excluding carboxylic acids is 3. The van der Waals surface area contributed by atoms with E-state index in [1.165, 1.54) is 56.4 Å². The Morgan fingerprint density at radius 2 is 0.728 bits per heavy atom. The Labute approximate surface area is 513 Å². The van der Waals surface area contributed by atoms with E-state index in [1.807, 2.05) is 83.1 Å². The molecule has 81 heavy (non-hydrogen) atoms. The molecule has 0 aliphatic carbocycles. The number of anilines is 4. The van der Waals surface area contributed by atoms with Crippen molar-refractivity contribution in [3.05, 3.63) is 44.5 Å². The number of nitrogens with zero attached hydrogens (tertiary/aromatic N) is 2. The Morgan fingerprint density at radius 1 is 0.481 bits per heavy atom. The molecule has 0 heterocycles. The molecular formula is C46H60B24N8O3. The second-order valence-electron chi connectivity index (χ2n) is 18.0. The fraction of sp³-hybridized carbons (Fsp3) is 0.370. The second-order valence-corrected chi connectivity index (χ2v) is 18.0. The third-order valence-corrected chi connectivity index (χ3v) is 11.8. The van der Waals surface area contributed by atoms with Gasteiger partial charge in [0.15, 0.2) is 0 Å². The lowest BCUT2D eigenvalue weighted by molar-refractivity contribution is -0.118. The van der Waals surface area contributed by atoms with Gasteiger partial charge in [-0.25, -0.2) is 0 Å². The van der Waals surface area contributed by atoms with Crippen LogP contribution in [0.5, 0.6) is 0 Å². The molecule has 35 heteroatoms. The van der Waals surface area contributed by atoms with E-state index in [0.29, 0.717) is 44.2 Å². The third-order valence-electron chi connectivity index (χ3n) is 11.8. The monoisotopic (exact) mass is 1040 g/mol. The first-order valence-corrected chi connectivity index (χ1v) is 25.5. The van der Waals surface area contributed by atoms with Crippen molar-refractivity contribution >= 4 is 297 Å². The molecule has 0 aliphatic rings. The van der Waals surface area contributed by atoms with Gasteiger partial charge in [0, 0.05) is 123 Å². The number of rotatable bonds is 15. The summed E-state index contributed by atoms with van der Waals surface area (Å²) in [5, 5.41) is 8.20. The molecule has 7 N–H and O–H groups in total. The molecule has 0 aromatic heterocycles. The summed E-state index contributed by atoms with van der Waals surface area (Å²) in [7, 11) is 98.7. The number of nitrogen functional groups attached to an aromatic ring is 1. The van der Waals surface area contributed by atoms with Crippen molar-refractivity contribution in [1.29, 1.82) is 0 Å². The van der Waals surface area contributed by atoms with Crippen LogP contribution in [0.25, 0.3) is 0 Å². The van der Waals surface area contributed by atoms with Gasteiger partial charge >= 0.3 is 0 Å². The summed E-state index contributed by atoms with van der Waals surface area (Å²) in [5.74, 6) is 5.39. The molecule has 0 saturated carbocycles. The lowest BCUT2D eigenvalue weighted by Crippen LogP contribution is -2.48. The summed E-state index contributed by atoms with van der Waals surface area (Å²) < 4.78 is 0. The number of ketones is 1. The zero-order valence-electron chi connectivity index (χ0n) is 50.7. The van der Waals surface area contributed by atoms with Gasteiger partial charge in [-0.15, -0.1) is 21.9 Å². The van der Waals surface area contributed by atoms with E-state index in [2.05, 4.69) is 37.3 Å². The normalized spacial score (nSPS) is 9.51. The van der Waals surface area contributed by atoms with Crippen molar-refractivity contribution in [2.75, 3.05) is 21.7 Å². The number of aldehydes is 1. The van der Waals surface area contributed by atoms with Crippen molar-refractivity contribution < 1.29 is 14.4 Å². The van der Waals surface area contributed by atoms with Crippen LogP contribution in [0.3, 0.4) is 0 Å². The largest absolute Gasteiger partial charge is 0.324 e. The van der Waals surface area contributed by atoms with E-state index >= 15 is 0 Å². The minimum atomic E-state index is -0.714. The predicted molar refractivity (Wildman–Crippen MR) is 382 cm³/mol. The number of benzene rings is 4. The van der Waals surface area contributed by atoms with Crippen molar-refractivity contribution in [1.82, 2.24) is 5.43 Å². The molecule has 0 saturated heterocycles.